The molecule has 0 bridgehead atoms. The lowest BCUT2D eigenvalue weighted by Gasteiger charge is -2.29. The number of carbonyl (C=O) groups is 5. The summed E-state index contributed by atoms with van der Waals surface area (Å²) in [5.74, 6) is -4.28. The van der Waals surface area contributed by atoms with Crippen molar-refractivity contribution in [2.75, 3.05) is 13.1 Å². The summed E-state index contributed by atoms with van der Waals surface area (Å²) < 4.78 is 39.3. The number of esters is 1. The van der Waals surface area contributed by atoms with Crippen LogP contribution in [-0.2, 0) is 38.7 Å². The van der Waals surface area contributed by atoms with Gasteiger partial charge in [0.05, 0.1) is 35.6 Å². The zero-order valence-electron chi connectivity index (χ0n) is 28.6. The van der Waals surface area contributed by atoms with Crippen LogP contribution in [0.2, 0.25) is 0 Å². The molecule has 5 rings (SSSR count). The van der Waals surface area contributed by atoms with E-state index in [0.717, 1.165) is 16.8 Å². The monoisotopic (exact) mass is 708 g/mol. The molecule has 2 N–H and O–H groups in total. The van der Waals surface area contributed by atoms with Gasteiger partial charge in [0.15, 0.2) is 5.78 Å². The van der Waals surface area contributed by atoms with Crippen molar-refractivity contribution in [1.82, 2.24) is 19.9 Å². The highest BCUT2D eigenvalue weighted by molar-refractivity contribution is 7.90. The molecule has 3 aliphatic rings. The molecule has 2 aliphatic carbocycles. The predicted molar refractivity (Wildman–Crippen MR) is 184 cm³/mol. The molecule has 1 aromatic heterocycles. The summed E-state index contributed by atoms with van der Waals surface area (Å²) >= 11 is 0. The van der Waals surface area contributed by atoms with E-state index in [1.807, 2.05) is 30.3 Å². The van der Waals surface area contributed by atoms with Crippen LogP contribution in [0.15, 0.2) is 61.8 Å². The van der Waals surface area contributed by atoms with E-state index in [-0.39, 0.29) is 38.8 Å². The summed E-state index contributed by atoms with van der Waals surface area (Å²) in [5, 5.41) is 3.55. The minimum atomic E-state index is -3.87. The molecule has 3 amide bonds. The summed E-state index contributed by atoms with van der Waals surface area (Å²) in [6.45, 7) is 12.0. The van der Waals surface area contributed by atoms with Gasteiger partial charge in [-0.3, -0.25) is 28.7 Å². The highest BCUT2D eigenvalue weighted by Crippen LogP contribution is 2.57. The van der Waals surface area contributed by atoms with E-state index in [9.17, 15) is 32.4 Å². The fourth-order valence-corrected chi connectivity index (χ4v) is 7.83. The van der Waals surface area contributed by atoms with Crippen LogP contribution < -0.4 is 14.8 Å². The molecule has 13 nitrogen and oxygen atoms in total. The van der Waals surface area contributed by atoms with Gasteiger partial charge in [-0.15, -0.1) is 6.58 Å². The van der Waals surface area contributed by atoms with Gasteiger partial charge in [0, 0.05) is 31.0 Å². The number of nitrogens with zero attached hydrogens (tertiary/aromatic N) is 2. The number of amides is 3. The number of ether oxygens (including phenoxy) is 2. The van der Waals surface area contributed by atoms with Crippen molar-refractivity contribution in [3.8, 4) is 5.88 Å². The second-order valence-corrected chi connectivity index (χ2v) is 16.2. The van der Waals surface area contributed by atoms with Crippen molar-refractivity contribution in [3.63, 3.8) is 0 Å². The fraction of sp³-hybridized carbons (Fsp3) is 0.500. The van der Waals surface area contributed by atoms with Crippen molar-refractivity contribution in [2.45, 2.75) is 82.3 Å². The molecule has 2 saturated carbocycles. The van der Waals surface area contributed by atoms with Crippen molar-refractivity contribution in [2.24, 2.45) is 17.3 Å². The average Bonchev–Trinajstić information content (AvgIpc) is 3.98. The van der Waals surface area contributed by atoms with Gasteiger partial charge in [-0.05, 0) is 69.5 Å². The van der Waals surface area contributed by atoms with E-state index in [1.54, 1.807) is 27.0 Å². The fourth-order valence-electron chi connectivity index (χ4n) is 6.45. The second-order valence-electron chi connectivity index (χ2n) is 14.3. The highest BCUT2D eigenvalue weighted by atomic mass is 32.2. The third-order valence-electron chi connectivity index (χ3n) is 9.28. The normalized spacial score (nSPS) is 23.7. The van der Waals surface area contributed by atoms with Crippen LogP contribution in [-0.4, -0.2) is 83.9 Å². The van der Waals surface area contributed by atoms with Crippen LogP contribution in [0, 0.1) is 17.3 Å². The smallest absolute Gasteiger partial charge is 0.307 e. The van der Waals surface area contributed by atoms with Crippen LogP contribution in [0.5, 0.6) is 5.88 Å². The molecule has 1 aliphatic heterocycles. The van der Waals surface area contributed by atoms with E-state index in [2.05, 4.69) is 28.2 Å². The zero-order chi connectivity index (χ0) is 36.4. The Morgan fingerprint density at radius 3 is 2.48 bits per heavy atom. The molecule has 1 aromatic carbocycles. The number of aromatic nitrogens is 1. The van der Waals surface area contributed by atoms with Crippen LogP contribution >= 0.6 is 0 Å². The number of carbonyl (C=O) groups excluding carboxylic acids is 5. The molecule has 0 unspecified atom stereocenters. The van der Waals surface area contributed by atoms with Crippen LogP contribution in [0.1, 0.15) is 59.3 Å². The number of sulfonamides is 1. The summed E-state index contributed by atoms with van der Waals surface area (Å²) in [5.41, 5.74) is -2.17. The first-order chi connectivity index (χ1) is 23.6. The van der Waals surface area contributed by atoms with E-state index in [4.69, 9.17) is 9.47 Å². The molecule has 0 radical (unpaired) electrons. The summed E-state index contributed by atoms with van der Waals surface area (Å²) in [6.07, 6.45) is 3.94. The Labute approximate surface area is 291 Å². The third-order valence-corrected chi connectivity index (χ3v) is 11.1. The van der Waals surface area contributed by atoms with Gasteiger partial charge >= 0.3 is 5.97 Å². The first-order valence-corrected chi connectivity index (χ1v) is 18.3. The number of benzene rings is 1. The predicted octanol–water partition coefficient (Wildman–Crippen LogP) is 2.99. The molecular weight excluding hydrogens is 664 g/mol. The van der Waals surface area contributed by atoms with E-state index >= 15 is 0 Å². The molecule has 2 heterocycles. The van der Waals surface area contributed by atoms with Crippen molar-refractivity contribution < 1.29 is 41.9 Å². The van der Waals surface area contributed by atoms with Crippen LogP contribution in [0.4, 0.5) is 0 Å². The number of pyridine rings is 1. The Morgan fingerprint density at radius 2 is 1.84 bits per heavy atom. The lowest BCUT2D eigenvalue weighted by Crippen LogP contribution is -2.48. The topological polar surface area (TPSA) is 178 Å². The molecular formula is C36H44N4O9S. The lowest BCUT2D eigenvalue weighted by molar-refractivity contribution is -0.158. The first kappa shape index (κ1) is 36.7. The molecule has 3 fully saturated rings. The Kier molecular flexibility index (Phi) is 10.5. The van der Waals surface area contributed by atoms with Gasteiger partial charge in [-0.1, -0.05) is 30.9 Å². The van der Waals surface area contributed by atoms with Gasteiger partial charge in [0.1, 0.15) is 11.7 Å². The minimum Gasteiger partial charge on any atom is -0.472 e. The standard InChI is InChI=1S/C36H44N4O9S/c1-6-24-18-36(24,34(45)39-50(46,47)26-12-13-26)19-29(41)28-17-25(48-32-27-11-9-8-10-22(27)14-15-37-32)21-40(28)33(44)23(20-38-30(42)7-2)16-31(43)49-35(3,4)5/h6-11,14-15,23-26,28H,1-2,12-13,16-21H2,3-5H3,(H,38,42)(H,39,45)/t23-,24-,25+,28-,36+/m0/s1. The average molecular weight is 709 g/mol. The maximum absolute atomic E-state index is 14.3. The number of ketones is 1. The van der Waals surface area contributed by atoms with Crippen molar-refractivity contribution in [1.29, 1.82) is 0 Å². The Morgan fingerprint density at radius 1 is 1.12 bits per heavy atom. The molecule has 2 aromatic rings. The third kappa shape index (κ3) is 8.40. The van der Waals surface area contributed by atoms with Crippen LogP contribution in [0.3, 0.4) is 0 Å². The molecule has 1 saturated heterocycles. The van der Waals surface area contributed by atoms with Crippen molar-refractivity contribution >= 4 is 50.3 Å². The first-order valence-electron chi connectivity index (χ1n) is 16.7. The number of fused-ring (bicyclic) bond motifs is 1. The maximum Gasteiger partial charge on any atom is 0.307 e. The van der Waals surface area contributed by atoms with Gasteiger partial charge in [-0.2, -0.15) is 0 Å². The second kappa shape index (κ2) is 14.3. The molecule has 268 valence electrons. The molecule has 5 atom stereocenters. The van der Waals surface area contributed by atoms with Gasteiger partial charge in [0.2, 0.25) is 33.6 Å². The number of hydrogen-bond donors (Lipinski definition) is 2. The summed E-state index contributed by atoms with van der Waals surface area (Å²) in [4.78, 5) is 72.8. The quantitative estimate of drug-likeness (QED) is 0.159. The van der Waals surface area contributed by atoms with Crippen LogP contribution in [0.25, 0.3) is 10.8 Å². The van der Waals surface area contributed by atoms with E-state index < -0.39 is 79.7 Å². The van der Waals surface area contributed by atoms with Gasteiger partial charge < -0.3 is 19.7 Å². The van der Waals surface area contributed by atoms with E-state index in [0.29, 0.717) is 18.7 Å². The summed E-state index contributed by atoms with van der Waals surface area (Å²) in [6, 6.07) is 8.21. The molecule has 14 heteroatoms. The SMILES string of the molecule is C=CC(=O)NC[C@H](CC(=O)OC(C)(C)C)C(=O)N1C[C@H](Oc2nccc3ccccc23)C[C@H]1C(=O)C[C@]1(C(=O)NS(=O)(=O)C2CC2)C[C@@H]1C=C. The summed E-state index contributed by atoms with van der Waals surface area (Å²) in [7, 11) is -3.87. The largest absolute Gasteiger partial charge is 0.472 e. The van der Waals surface area contributed by atoms with E-state index in [1.165, 1.54) is 11.0 Å². The maximum atomic E-state index is 14.3. The highest BCUT2D eigenvalue weighted by Gasteiger charge is 2.61. The van der Waals surface area contributed by atoms with Crippen molar-refractivity contribution in [3.05, 3.63) is 61.8 Å². The Hall–Kier alpha value is -4.59. The zero-order valence-corrected chi connectivity index (χ0v) is 29.4. The molecule has 50 heavy (non-hydrogen) atoms. The Balaban J connectivity index is 1.43. The number of rotatable bonds is 15. The Bertz CT molecular complexity index is 1810. The number of hydrogen-bond acceptors (Lipinski definition) is 10. The number of Topliss-reactive ketones (excluding diaryl/α,β-unsaturated/α-hetero) is 1. The number of likely N-dealkylation sites (tertiary alicyclic amines) is 1. The lowest BCUT2D eigenvalue weighted by atomic mass is 9.91. The molecule has 0 spiro atoms. The number of allylic oxidation sites excluding steroid dienone is 1. The number of nitrogens with one attached hydrogen (secondary N) is 2. The van der Waals surface area contributed by atoms with Gasteiger partial charge in [0.25, 0.3) is 0 Å². The minimum absolute atomic E-state index is 0.0461. The van der Waals surface area contributed by atoms with Gasteiger partial charge in [-0.25, -0.2) is 13.4 Å².